The zero-order valence-corrected chi connectivity index (χ0v) is 10.4. The first-order valence-electron chi connectivity index (χ1n) is 5.04. The Kier molecular flexibility index (Phi) is 3.94. The summed E-state index contributed by atoms with van der Waals surface area (Å²) in [5, 5.41) is 10.9. The van der Waals surface area contributed by atoms with E-state index in [4.69, 9.17) is 23.2 Å². The maximum absolute atomic E-state index is 10.0. The average molecular weight is 269 g/mol. The van der Waals surface area contributed by atoms with Crippen molar-refractivity contribution in [2.45, 2.75) is 12.5 Å². The Morgan fingerprint density at radius 2 is 1.94 bits per heavy atom. The number of halogens is 2. The quantitative estimate of drug-likeness (QED) is 0.931. The van der Waals surface area contributed by atoms with E-state index in [-0.39, 0.29) is 0 Å². The molecule has 3 nitrogen and oxygen atoms in total. The lowest BCUT2D eigenvalue weighted by Crippen LogP contribution is -2.05. The van der Waals surface area contributed by atoms with Crippen molar-refractivity contribution in [3.63, 3.8) is 0 Å². The molecule has 2 aromatic heterocycles. The first kappa shape index (κ1) is 12.3. The third kappa shape index (κ3) is 3.16. The molecule has 0 amide bonds. The lowest BCUT2D eigenvalue weighted by Gasteiger charge is -2.11. The minimum absolute atomic E-state index is 0.374. The molecule has 88 valence electrons. The molecule has 0 saturated heterocycles. The van der Waals surface area contributed by atoms with E-state index >= 15 is 0 Å². The van der Waals surface area contributed by atoms with Gasteiger partial charge in [-0.05, 0) is 23.8 Å². The SMILES string of the molecule is OC(Cc1ccncc1)c1ncc(Cl)cc1Cl. The summed E-state index contributed by atoms with van der Waals surface area (Å²) in [6.07, 6.45) is 4.52. The van der Waals surface area contributed by atoms with Crippen LogP contribution in [0.15, 0.2) is 36.8 Å². The molecule has 2 rings (SSSR count). The monoisotopic (exact) mass is 268 g/mol. The van der Waals surface area contributed by atoms with E-state index in [2.05, 4.69) is 9.97 Å². The molecule has 0 aliphatic carbocycles. The van der Waals surface area contributed by atoms with Gasteiger partial charge in [0.15, 0.2) is 0 Å². The summed E-state index contributed by atoms with van der Waals surface area (Å²) < 4.78 is 0. The summed E-state index contributed by atoms with van der Waals surface area (Å²) in [5.74, 6) is 0. The molecule has 0 bridgehead atoms. The predicted molar refractivity (Wildman–Crippen MR) is 67.2 cm³/mol. The summed E-state index contributed by atoms with van der Waals surface area (Å²) in [6, 6.07) is 5.25. The summed E-state index contributed by atoms with van der Waals surface area (Å²) in [5.41, 5.74) is 1.41. The van der Waals surface area contributed by atoms with Gasteiger partial charge in [-0.2, -0.15) is 0 Å². The van der Waals surface area contributed by atoms with Crippen LogP contribution >= 0.6 is 23.2 Å². The van der Waals surface area contributed by atoms with Crippen LogP contribution in [0.4, 0.5) is 0 Å². The molecule has 1 unspecified atom stereocenters. The molecule has 1 N–H and O–H groups in total. The molecule has 2 heterocycles. The van der Waals surface area contributed by atoms with Gasteiger partial charge in [-0.1, -0.05) is 23.2 Å². The highest BCUT2D eigenvalue weighted by atomic mass is 35.5. The second-order valence-corrected chi connectivity index (χ2v) is 4.44. The maximum atomic E-state index is 10.0. The number of hydrogen-bond donors (Lipinski definition) is 1. The van der Waals surface area contributed by atoms with Crippen molar-refractivity contribution in [1.82, 2.24) is 9.97 Å². The van der Waals surface area contributed by atoms with Gasteiger partial charge in [0.05, 0.1) is 15.7 Å². The third-order valence-electron chi connectivity index (χ3n) is 2.33. The van der Waals surface area contributed by atoms with Crippen LogP contribution in [0.3, 0.4) is 0 Å². The molecule has 0 aliphatic heterocycles. The normalized spacial score (nSPS) is 12.4. The molecular formula is C12H10Cl2N2O. The van der Waals surface area contributed by atoms with Crippen LogP contribution in [0, 0.1) is 0 Å². The van der Waals surface area contributed by atoms with Crippen LogP contribution in [0.5, 0.6) is 0 Å². The molecule has 5 heteroatoms. The molecule has 0 aliphatic rings. The Balaban J connectivity index is 2.17. The zero-order valence-electron chi connectivity index (χ0n) is 8.85. The number of nitrogens with zero attached hydrogens (tertiary/aromatic N) is 2. The zero-order chi connectivity index (χ0) is 12.3. The molecule has 1 atom stereocenters. The maximum Gasteiger partial charge on any atom is 0.101 e. The number of rotatable bonds is 3. The van der Waals surface area contributed by atoms with E-state index in [0.717, 1.165) is 5.56 Å². The van der Waals surface area contributed by atoms with Gasteiger partial charge in [-0.25, -0.2) is 0 Å². The van der Waals surface area contributed by atoms with Gasteiger partial charge in [0.2, 0.25) is 0 Å². The summed E-state index contributed by atoms with van der Waals surface area (Å²) in [6.45, 7) is 0. The second-order valence-electron chi connectivity index (χ2n) is 3.60. The smallest absolute Gasteiger partial charge is 0.101 e. The lowest BCUT2D eigenvalue weighted by molar-refractivity contribution is 0.173. The molecule has 0 aromatic carbocycles. The number of aliphatic hydroxyl groups excluding tert-OH is 1. The van der Waals surface area contributed by atoms with Gasteiger partial charge in [0.25, 0.3) is 0 Å². The van der Waals surface area contributed by atoms with Crippen LogP contribution in [-0.4, -0.2) is 15.1 Å². The predicted octanol–water partition coefficient (Wildman–Crippen LogP) is 3.06. The van der Waals surface area contributed by atoms with E-state index in [0.29, 0.717) is 22.2 Å². The number of hydrogen-bond acceptors (Lipinski definition) is 3. The Morgan fingerprint density at radius 3 is 2.59 bits per heavy atom. The van der Waals surface area contributed by atoms with E-state index in [1.54, 1.807) is 18.5 Å². The van der Waals surface area contributed by atoms with Gasteiger partial charge in [-0.3, -0.25) is 9.97 Å². The first-order chi connectivity index (χ1) is 8.16. The van der Waals surface area contributed by atoms with Gasteiger partial charge in [0, 0.05) is 25.0 Å². The number of aromatic nitrogens is 2. The highest BCUT2D eigenvalue weighted by Gasteiger charge is 2.14. The highest BCUT2D eigenvalue weighted by molar-refractivity contribution is 6.34. The number of pyridine rings is 2. The van der Waals surface area contributed by atoms with Crippen molar-refractivity contribution in [3.05, 3.63) is 58.1 Å². The fourth-order valence-electron chi connectivity index (χ4n) is 1.51. The van der Waals surface area contributed by atoms with Crippen molar-refractivity contribution in [3.8, 4) is 0 Å². The Hall–Kier alpha value is -1.16. The molecule has 0 fully saturated rings. The van der Waals surface area contributed by atoms with Gasteiger partial charge >= 0.3 is 0 Å². The molecule has 0 radical (unpaired) electrons. The Bertz CT molecular complexity index is 505. The van der Waals surface area contributed by atoms with E-state index in [9.17, 15) is 5.11 Å². The average Bonchev–Trinajstić information content (AvgIpc) is 2.30. The molecule has 2 aromatic rings. The fraction of sp³-hybridized carbons (Fsp3) is 0.167. The largest absolute Gasteiger partial charge is 0.386 e. The van der Waals surface area contributed by atoms with Crippen LogP contribution in [-0.2, 0) is 6.42 Å². The minimum atomic E-state index is -0.748. The topological polar surface area (TPSA) is 46.0 Å². The van der Waals surface area contributed by atoms with E-state index in [1.807, 2.05) is 12.1 Å². The second kappa shape index (κ2) is 5.45. The van der Waals surface area contributed by atoms with Crippen molar-refractivity contribution >= 4 is 23.2 Å². The van der Waals surface area contributed by atoms with Crippen molar-refractivity contribution < 1.29 is 5.11 Å². The van der Waals surface area contributed by atoms with Gasteiger partial charge in [0.1, 0.15) is 6.10 Å². The standard InChI is InChI=1S/C12H10Cl2N2O/c13-9-6-10(14)12(16-7-9)11(17)5-8-1-3-15-4-2-8/h1-4,6-7,11,17H,5H2. The van der Waals surface area contributed by atoms with Gasteiger partial charge < -0.3 is 5.11 Å². The van der Waals surface area contributed by atoms with E-state index < -0.39 is 6.10 Å². The minimum Gasteiger partial charge on any atom is -0.386 e. The van der Waals surface area contributed by atoms with E-state index in [1.165, 1.54) is 6.20 Å². The summed E-state index contributed by atoms with van der Waals surface area (Å²) in [4.78, 5) is 7.96. The molecule has 0 saturated carbocycles. The number of aliphatic hydroxyl groups is 1. The lowest BCUT2D eigenvalue weighted by atomic mass is 10.1. The van der Waals surface area contributed by atoms with Crippen LogP contribution < -0.4 is 0 Å². The Morgan fingerprint density at radius 1 is 1.24 bits per heavy atom. The molecule has 17 heavy (non-hydrogen) atoms. The van der Waals surface area contributed by atoms with Crippen molar-refractivity contribution in [1.29, 1.82) is 0 Å². The van der Waals surface area contributed by atoms with Crippen LogP contribution in [0.2, 0.25) is 10.0 Å². The Labute approximate surface area is 109 Å². The third-order valence-corrected chi connectivity index (χ3v) is 2.84. The first-order valence-corrected chi connectivity index (χ1v) is 5.80. The van der Waals surface area contributed by atoms with Crippen molar-refractivity contribution in [2.75, 3.05) is 0 Å². The molecular weight excluding hydrogens is 259 g/mol. The fourth-order valence-corrected chi connectivity index (χ4v) is 2.02. The van der Waals surface area contributed by atoms with Crippen LogP contribution in [0.1, 0.15) is 17.4 Å². The highest BCUT2D eigenvalue weighted by Crippen LogP contribution is 2.25. The molecule has 0 spiro atoms. The summed E-state index contributed by atoms with van der Waals surface area (Å²) >= 11 is 11.7. The van der Waals surface area contributed by atoms with Crippen LogP contribution in [0.25, 0.3) is 0 Å². The summed E-state index contributed by atoms with van der Waals surface area (Å²) in [7, 11) is 0. The van der Waals surface area contributed by atoms with Gasteiger partial charge in [-0.15, -0.1) is 0 Å². The van der Waals surface area contributed by atoms with Crippen molar-refractivity contribution in [2.24, 2.45) is 0 Å².